The molecule has 0 aliphatic heterocycles. The van der Waals surface area contributed by atoms with Gasteiger partial charge in [-0.15, -0.1) is 0 Å². The second kappa shape index (κ2) is 6.06. The molecule has 0 amide bonds. The average Bonchev–Trinajstić information content (AvgIpc) is 3.06. The lowest BCUT2D eigenvalue weighted by atomic mass is 10.0. The van der Waals surface area contributed by atoms with Crippen LogP contribution in [-0.4, -0.2) is 9.97 Å². The standard InChI is InChI=1S/C24H18N2O/c1-15-6-9-17(10-7-15)18-11-13-22(25-14-18)21-5-3-4-19-20-12-8-16(2)26-24(20)27-23(19)21/h3-14H,1-2H3. The van der Waals surface area contributed by atoms with Crippen molar-refractivity contribution in [2.75, 3.05) is 0 Å². The fourth-order valence-corrected chi connectivity index (χ4v) is 3.44. The smallest absolute Gasteiger partial charge is 0.227 e. The van der Waals surface area contributed by atoms with Crippen LogP contribution in [0.25, 0.3) is 44.5 Å². The molecule has 3 nitrogen and oxygen atoms in total. The third-order valence-electron chi connectivity index (χ3n) is 4.93. The Bertz CT molecular complexity index is 1270. The van der Waals surface area contributed by atoms with E-state index in [4.69, 9.17) is 9.40 Å². The van der Waals surface area contributed by atoms with Crippen molar-refractivity contribution in [3.05, 3.63) is 84.2 Å². The van der Waals surface area contributed by atoms with Gasteiger partial charge in [-0.1, -0.05) is 48.0 Å². The highest BCUT2D eigenvalue weighted by atomic mass is 16.3. The molecule has 5 rings (SSSR count). The van der Waals surface area contributed by atoms with Gasteiger partial charge >= 0.3 is 0 Å². The van der Waals surface area contributed by atoms with Gasteiger partial charge in [-0.25, -0.2) is 4.98 Å². The summed E-state index contributed by atoms with van der Waals surface area (Å²) in [6.45, 7) is 4.06. The number of aryl methyl sites for hydroxylation is 2. The first-order chi connectivity index (χ1) is 13.2. The van der Waals surface area contributed by atoms with E-state index in [0.29, 0.717) is 5.71 Å². The molecule has 0 atom stereocenters. The molecule has 3 heteroatoms. The Labute approximate surface area is 157 Å². The Hall–Kier alpha value is -3.46. The van der Waals surface area contributed by atoms with Crippen molar-refractivity contribution in [1.82, 2.24) is 9.97 Å². The Morgan fingerprint density at radius 1 is 0.741 bits per heavy atom. The van der Waals surface area contributed by atoms with Crippen molar-refractivity contribution in [2.45, 2.75) is 13.8 Å². The van der Waals surface area contributed by atoms with E-state index in [1.165, 1.54) is 11.1 Å². The van der Waals surface area contributed by atoms with E-state index in [2.05, 4.69) is 60.4 Å². The second-order valence-corrected chi connectivity index (χ2v) is 6.89. The van der Waals surface area contributed by atoms with Crippen LogP contribution < -0.4 is 0 Å². The first-order valence-electron chi connectivity index (χ1n) is 9.01. The zero-order valence-corrected chi connectivity index (χ0v) is 15.2. The lowest BCUT2D eigenvalue weighted by Crippen LogP contribution is -1.86. The Balaban J connectivity index is 1.63. The van der Waals surface area contributed by atoms with Crippen molar-refractivity contribution in [3.8, 4) is 22.4 Å². The lowest BCUT2D eigenvalue weighted by molar-refractivity contribution is 0.653. The van der Waals surface area contributed by atoms with E-state index in [-0.39, 0.29) is 0 Å². The molecule has 0 N–H and O–H groups in total. The van der Waals surface area contributed by atoms with Crippen molar-refractivity contribution < 1.29 is 4.42 Å². The van der Waals surface area contributed by atoms with E-state index in [0.717, 1.165) is 38.9 Å². The maximum atomic E-state index is 6.10. The third-order valence-corrected chi connectivity index (χ3v) is 4.93. The van der Waals surface area contributed by atoms with Crippen LogP contribution in [0.3, 0.4) is 0 Å². The number of para-hydroxylation sites is 1. The van der Waals surface area contributed by atoms with Crippen LogP contribution in [0.2, 0.25) is 0 Å². The van der Waals surface area contributed by atoms with Crippen LogP contribution in [0.4, 0.5) is 0 Å². The summed E-state index contributed by atoms with van der Waals surface area (Å²) in [5.74, 6) is 0. The second-order valence-electron chi connectivity index (χ2n) is 6.89. The van der Waals surface area contributed by atoms with Crippen molar-refractivity contribution in [3.63, 3.8) is 0 Å². The number of furan rings is 1. The summed E-state index contributed by atoms with van der Waals surface area (Å²) in [4.78, 5) is 9.23. The molecule has 3 heterocycles. The Morgan fingerprint density at radius 2 is 1.56 bits per heavy atom. The van der Waals surface area contributed by atoms with Gasteiger partial charge in [0.05, 0.1) is 5.69 Å². The number of hydrogen-bond donors (Lipinski definition) is 0. The summed E-state index contributed by atoms with van der Waals surface area (Å²) >= 11 is 0. The van der Waals surface area contributed by atoms with Gasteiger partial charge in [-0.2, -0.15) is 0 Å². The van der Waals surface area contributed by atoms with Crippen LogP contribution in [-0.2, 0) is 0 Å². The van der Waals surface area contributed by atoms with Gasteiger partial charge in [0.1, 0.15) is 5.58 Å². The van der Waals surface area contributed by atoms with Crippen LogP contribution in [0.1, 0.15) is 11.3 Å². The van der Waals surface area contributed by atoms with Crippen LogP contribution >= 0.6 is 0 Å². The quantitative estimate of drug-likeness (QED) is 0.373. The van der Waals surface area contributed by atoms with Gasteiger partial charge in [0.15, 0.2) is 0 Å². The predicted octanol–water partition coefficient (Wildman–Crippen LogP) is 6.33. The zero-order valence-electron chi connectivity index (χ0n) is 15.2. The summed E-state index contributed by atoms with van der Waals surface area (Å²) in [6.07, 6.45) is 1.92. The molecule has 27 heavy (non-hydrogen) atoms. The fraction of sp³-hybridized carbons (Fsp3) is 0.0833. The fourth-order valence-electron chi connectivity index (χ4n) is 3.44. The summed E-state index contributed by atoms with van der Waals surface area (Å²) in [5, 5.41) is 2.10. The number of nitrogens with zero attached hydrogens (tertiary/aromatic N) is 2. The van der Waals surface area contributed by atoms with Crippen molar-refractivity contribution in [2.24, 2.45) is 0 Å². The van der Waals surface area contributed by atoms with Gasteiger partial charge in [0.25, 0.3) is 0 Å². The molecule has 0 aliphatic rings. The number of benzene rings is 2. The minimum Gasteiger partial charge on any atom is -0.437 e. The summed E-state index contributed by atoms with van der Waals surface area (Å²) < 4.78 is 6.10. The molecule has 3 aromatic heterocycles. The monoisotopic (exact) mass is 350 g/mol. The number of hydrogen-bond acceptors (Lipinski definition) is 3. The topological polar surface area (TPSA) is 38.9 Å². The molecule has 2 aromatic carbocycles. The maximum absolute atomic E-state index is 6.10. The molecule has 5 aromatic rings. The highest BCUT2D eigenvalue weighted by Crippen LogP contribution is 2.34. The average molecular weight is 350 g/mol. The first-order valence-corrected chi connectivity index (χ1v) is 9.01. The van der Waals surface area contributed by atoms with Gasteiger partial charge in [-0.05, 0) is 43.7 Å². The Morgan fingerprint density at radius 3 is 2.33 bits per heavy atom. The van der Waals surface area contributed by atoms with E-state index >= 15 is 0 Å². The molecular weight excluding hydrogens is 332 g/mol. The van der Waals surface area contributed by atoms with Crippen LogP contribution in [0.5, 0.6) is 0 Å². The molecule has 130 valence electrons. The maximum Gasteiger partial charge on any atom is 0.227 e. The lowest BCUT2D eigenvalue weighted by Gasteiger charge is -2.05. The van der Waals surface area contributed by atoms with Gasteiger partial charge in [-0.3, -0.25) is 4.98 Å². The van der Waals surface area contributed by atoms with Crippen molar-refractivity contribution in [1.29, 1.82) is 0 Å². The Kier molecular flexibility index (Phi) is 3.54. The third kappa shape index (κ3) is 2.68. The SMILES string of the molecule is Cc1ccc(-c2ccc(-c3cccc4c3oc3nc(C)ccc34)nc2)cc1. The summed E-state index contributed by atoms with van der Waals surface area (Å²) in [6, 6.07) is 22.9. The van der Waals surface area contributed by atoms with Gasteiger partial charge in [0.2, 0.25) is 5.71 Å². The normalized spacial score (nSPS) is 11.3. The summed E-state index contributed by atoms with van der Waals surface area (Å²) in [7, 11) is 0. The van der Waals surface area contributed by atoms with Crippen LogP contribution in [0.15, 0.2) is 77.3 Å². The van der Waals surface area contributed by atoms with Gasteiger partial charge in [0, 0.05) is 33.8 Å². The molecule has 0 bridgehead atoms. The number of fused-ring (bicyclic) bond motifs is 3. The molecule has 0 saturated carbocycles. The van der Waals surface area contributed by atoms with E-state index in [9.17, 15) is 0 Å². The molecule has 0 fully saturated rings. The van der Waals surface area contributed by atoms with Crippen molar-refractivity contribution >= 4 is 22.1 Å². The van der Waals surface area contributed by atoms with E-state index < -0.39 is 0 Å². The molecule has 0 saturated heterocycles. The minimum atomic E-state index is 0.675. The number of pyridine rings is 2. The number of rotatable bonds is 2. The molecule has 0 spiro atoms. The molecule has 0 unspecified atom stereocenters. The molecule has 0 radical (unpaired) electrons. The summed E-state index contributed by atoms with van der Waals surface area (Å²) in [5.41, 5.74) is 7.86. The number of aromatic nitrogens is 2. The molecule has 0 aliphatic carbocycles. The first kappa shape index (κ1) is 15.8. The largest absolute Gasteiger partial charge is 0.437 e. The minimum absolute atomic E-state index is 0.675. The highest BCUT2D eigenvalue weighted by molar-refractivity contribution is 6.08. The highest BCUT2D eigenvalue weighted by Gasteiger charge is 2.13. The van der Waals surface area contributed by atoms with Crippen LogP contribution in [0, 0.1) is 13.8 Å². The van der Waals surface area contributed by atoms with Gasteiger partial charge < -0.3 is 4.42 Å². The van der Waals surface area contributed by atoms with E-state index in [1.807, 2.05) is 31.3 Å². The predicted molar refractivity (Wildman–Crippen MR) is 110 cm³/mol. The molecular formula is C24H18N2O. The van der Waals surface area contributed by atoms with E-state index in [1.54, 1.807) is 0 Å². The zero-order chi connectivity index (χ0) is 18.4.